The lowest BCUT2D eigenvalue weighted by atomic mass is 10.1. The summed E-state index contributed by atoms with van der Waals surface area (Å²) in [4.78, 5) is 61.7. The van der Waals surface area contributed by atoms with Crippen molar-refractivity contribution in [2.24, 2.45) is 0 Å². The molecule has 5 amide bonds. The summed E-state index contributed by atoms with van der Waals surface area (Å²) >= 11 is 6.45. The van der Waals surface area contributed by atoms with Crippen LogP contribution in [-0.4, -0.2) is 41.9 Å². The highest BCUT2D eigenvalue weighted by Gasteiger charge is 2.37. The Labute approximate surface area is 238 Å². The zero-order valence-electron chi connectivity index (χ0n) is 21.8. The number of urea groups is 1. The molecule has 0 spiro atoms. The van der Waals surface area contributed by atoms with E-state index in [2.05, 4.69) is 10.6 Å². The average Bonchev–Trinajstić information content (AvgIpc) is 2.92. The van der Waals surface area contributed by atoms with E-state index in [9.17, 15) is 29.3 Å². The molecule has 0 atom stereocenters. The average molecular weight is 579 g/mol. The summed E-state index contributed by atoms with van der Waals surface area (Å²) in [5.74, 6) is -2.08. The second-order valence-electron chi connectivity index (χ2n) is 8.65. The van der Waals surface area contributed by atoms with Crippen LogP contribution < -0.4 is 25.0 Å². The number of halogens is 1. The molecular formula is C28H23ClN4O8. The number of aryl methyl sites for hydroxylation is 1. The van der Waals surface area contributed by atoms with E-state index in [1.54, 1.807) is 19.1 Å². The second-order valence-corrected chi connectivity index (χ2v) is 9.05. The van der Waals surface area contributed by atoms with Crippen LogP contribution in [-0.2, 0) is 14.4 Å². The third-order valence-electron chi connectivity index (χ3n) is 5.83. The Morgan fingerprint density at radius 3 is 2.46 bits per heavy atom. The Hall–Kier alpha value is -5.23. The maximum absolute atomic E-state index is 13.2. The van der Waals surface area contributed by atoms with Gasteiger partial charge in [-0.05, 0) is 61.4 Å². The minimum atomic E-state index is -1.01. The van der Waals surface area contributed by atoms with Crippen molar-refractivity contribution >= 4 is 58.5 Å². The van der Waals surface area contributed by atoms with Crippen molar-refractivity contribution in [2.75, 3.05) is 23.4 Å². The fraction of sp³-hybridized carbons (Fsp3) is 0.143. The van der Waals surface area contributed by atoms with Crippen LogP contribution in [0.2, 0.25) is 5.02 Å². The standard InChI is InChI=1S/C28H23ClN4O8/c1-3-40-23-14-17(13-21(29)25(23)41-15-24(34)30-22-7-5-4-6-16(22)2)12-20-26(35)31-28(37)32(27(20)36)18-8-10-19(11-9-18)33(38)39/h4-14H,3,15H2,1-2H3,(H,30,34)(H,31,35,37)/b20-12-. The summed E-state index contributed by atoms with van der Waals surface area (Å²) in [6.45, 7) is 3.41. The molecule has 1 saturated heterocycles. The highest BCUT2D eigenvalue weighted by atomic mass is 35.5. The van der Waals surface area contributed by atoms with E-state index in [-0.39, 0.29) is 46.7 Å². The van der Waals surface area contributed by atoms with E-state index < -0.39 is 34.2 Å². The zero-order valence-corrected chi connectivity index (χ0v) is 22.6. The van der Waals surface area contributed by atoms with Gasteiger partial charge >= 0.3 is 6.03 Å². The molecule has 1 aliphatic heterocycles. The molecule has 210 valence electrons. The molecule has 3 aromatic carbocycles. The van der Waals surface area contributed by atoms with Gasteiger partial charge in [0.1, 0.15) is 5.57 Å². The molecule has 0 bridgehead atoms. The molecule has 13 heteroatoms. The number of non-ortho nitro benzene ring substituents is 1. The Kier molecular flexibility index (Phi) is 8.63. The number of amides is 5. The molecule has 1 aliphatic rings. The minimum absolute atomic E-state index is 0.0252. The normalized spacial score (nSPS) is 14.1. The number of rotatable bonds is 9. The largest absolute Gasteiger partial charge is 0.490 e. The van der Waals surface area contributed by atoms with E-state index in [1.165, 1.54) is 30.3 Å². The van der Waals surface area contributed by atoms with Gasteiger partial charge in [0, 0.05) is 17.8 Å². The Bertz CT molecular complexity index is 1590. The van der Waals surface area contributed by atoms with E-state index in [0.717, 1.165) is 17.7 Å². The van der Waals surface area contributed by atoms with E-state index in [0.29, 0.717) is 10.6 Å². The van der Waals surface area contributed by atoms with Crippen LogP contribution in [0.15, 0.2) is 66.2 Å². The number of anilines is 2. The molecule has 0 saturated carbocycles. The van der Waals surface area contributed by atoms with Crippen molar-refractivity contribution in [1.82, 2.24) is 5.32 Å². The number of imide groups is 2. The number of nitrogens with zero attached hydrogens (tertiary/aromatic N) is 2. The van der Waals surface area contributed by atoms with E-state index in [4.69, 9.17) is 21.1 Å². The highest BCUT2D eigenvalue weighted by Crippen LogP contribution is 2.38. The number of hydrogen-bond acceptors (Lipinski definition) is 8. The molecule has 0 aromatic heterocycles. The number of ether oxygens (including phenoxy) is 2. The van der Waals surface area contributed by atoms with Crippen LogP contribution in [0.4, 0.5) is 21.9 Å². The molecular weight excluding hydrogens is 556 g/mol. The van der Waals surface area contributed by atoms with Gasteiger partial charge in [0.05, 0.1) is 22.2 Å². The van der Waals surface area contributed by atoms with Gasteiger partial charge in [-0.25, -0.2) is 9.69 Å². The summed E-state index contributed by atoms with van der Waals surface area (Å²) in [5.41, 5.74) is 1.17. The van der Waals surface area contributed by atoms with Gasteiger partial charge < -0.3 is 14.8 Å². The van der Waals surface area contributed by atoms with E-state index in [1.807, 2.05) is 19.1 Å². The van der Waals surface area contributed by atoms with Gasteiger partial charge in [0.25, 0.3) is 23.4 Å². The zero-order chi connectivity index (χ0) is 29.7. The summed E-state index contributed by atoms with van der Waals surface area (Å²) in [6, 6.07) is 13.8. The lowest BCUT2D eigenvalue weighted by Crippen LogP contribution is -2.54. The Morgan fingerprint density at radius 2 is 1.80 bits per heavy atom. The lowest BCUT2D eigenvalue weighted by Gasteiger charge is -2.26. The number of carbonyl (C=O) groups is 4. The van der Waals surface area contributed by atoms with Crippen molar-refractivity contribution in [3.63, 3.8) is 0 Å². The number of nitrogens with one attached hydrogen (secondary N) is 2. The molecule has 1 fully saturated rings. The fourth-order valence-electron chi connectivity index (χ4n) is 3.89. The molecule has 0 aliphatic carbocycles. The molecule has 1 heterocycles. The minimum Gasteiger partial charge on any atom is -0.490 e. The topological polar surface area (TPSA) is 157 Å². The summed E-state index contributed by atoms with van der Waals surface area (Å²) < 4.78 is 11.3. The van der Waals surface area contributed by atoms with Gasteiger partial charge in [-0.3, -0.25) is 29.8 Å². The van der Waals surface area contributed by atoms with Crippen molar-refractivity contribution in [1.29, 1.82) is 0 Å². The predicted octanol–water partition coefficient (Wildman–Crippen LogP) is 4.64. The predicted molar refractivity (Wildman–Crippen MR) is 150 cm³/mol. The third-order valence-corrected chi connectivity index (χ3v) is 6.11. The molecule has 3 aromatic rings. The number of nitro benzene ring substituents is 1. The first-order valence-electron chi connectivity index (χ1n) is 12.2. The molecule has 4 rings (SSSR count). The number of para-hydroxylation sites is 1. The van der Waals surface area contributed by atoms with Gasteiger partial charge in [0.2, 0.25) is 0 Å². The van der Waals surface area contributed by atoms with Crippen molar-refractivity contribution in [3.8, 4) is 11.5 Å². The fourth-order valence-corrected chi connectivity index (χ4v) is 4.17. The maximum atomic E-state index is 13.2. The monoisotopic (exact) mass is 578 g/mol. The molecule has 41 heavy (non-hydrogen) atoms. The quantitative estimate of drug-likeness (QED) is 0.161. The number of benzene rings is 3. The third kappa shape index (κ3) is 6.50. The summed E-state index contributed by atoms with van der Waals surface area (Å²) in [5, 5.41) is 15.8. The first-order valence-corrected chi connectivity index (χ1v) is 12.6. The first-order chi connectivity index (χ1) is 19.6. The maximum Gasteiger partial charge on any atom is 0.335 e. The van der Waals surface area contributed by atoms with Crippen LogP contribution in [0, 0.1) is 17.0 Å². The van der Waals surface area contributed by atoms with Crippen molar-refractivity contribution < 1.29 is 33.6 Å². The second kappa shape index (κ2) is 12.3. The van der Waals surface area contributed by atoms with E-state index >= 15 is 0 Å². The van der Waals surface area contributed by atoms with Crippen molar-refractivity contribution in [2.45, 2.75) is 13.8 Å². The van der Waals surface area contributed by atoms with Gasteiger partial charge in [-0.1, -0.05) is 29.8 Å². The SMILES string of the molecule is CCOc1cc(/C=C2/C(=O)NC(=O)N(c3ccc([N+](=O)[O-])cc3)C2=O)cc(Cl)c1OCC(=O)Nc1ccccc1C. The van der Waals surface area contributed by atoms with Crippen LogP contribution in [0.1, 0.15) is 18.1 Å². The number of barbiturate groups is 1. The smallest absolute Gasteiger partial charge is 0.335 e. The van der Waals surface area contributed by atoms with Crippen LogP contribution in [0.3, 0.4) is 0 Å². The molecule has 2 N–H and O–H groups in total. The van der Waals surface area contributed by atoms with Crippen molar-refractivity contribution in [3.05, 3.63) is 92.5 Å². The highest BCUT2D eigenvalue weighted by molar-refractivity contribution is 6.39. The first kappa shape index (κ1) is 28.8. The number of carbonyl (C=O) groups excluding carboxylic acids is 4. The number of hydrogen-bond donors (Lipinski definition) is 2. The molecule has 0 unspecified atom stereocenters. The van der Waals surface area contributed by atoms with Gasteiger partial charge in [0.15, 0.2) is 18.1 Å². The lowest BCUT2D eigenvalue weighted by molar-refractivity contribution is -0.384. The summed E-state index contributed by atoms with van der Waals surface area (Å²) in [7, 11) is 0. The molecule has 12 nitrogen and oxygen atoms in total. The number of nitro groups is 1. The van der Waals surface area contributed by atoms with Gasteiger partial charge in [-0.2, -0.15) is 0 Å². The van der Waals surface area contributed by atoms with Crippen LogP contribution in [0.25, 0.3) is 6.08 Å². The van der Waals surface area contributed by atoms with Gasteiger partial charge in [-0.15, -0.1) is 0 Å². The Balaban J connectivity index is 1.58. The van der Waals surface area contributed by atoms with Crippen LogP contribution >= 0.6 is 11.6 Å². The van der Waals surface area contributed by atoms with Crippen LogP contribution in [0.5, 0.6) is 11.5 Å². The Morgan fingerprint density at radius 1 is 1.10 bits per heavy atom. The summed E-state index contributed by atoms with van der Waals surface area (Å²) in [6.07, 6.45) is 1.21. The molecule has 0 radical (unpaired) electrons.